The fourth-order valence-corrected chi connectivity index (χ4v) is 8.03. The number of para-hydroxylation sites is 2. The highest BCUT2D eigenvalue weighted by atomic mass is 16.3. The summed E-state index contributed by atoms with van der Waals surface area (Å²) < 4.78 is 8.87. The Morgan fingerprint density at radius 3 is 1.47 bits per heavy atom. The summed E-state index contributed by atoms with van der Waals surface area (Å²) in [5.41, 5.74) is 13.4. The molecule has 0 radical (unpaired) electrons. The van der Waals surface area contributed by atoms with Gasteiger partial charge < -0.3 is 9.32 Å². The molecular weight excluding hydrogens is 723 g/mol. The van der Waals surface area contributed by atoms with Gasteiger partial charge in [-0.2, -0.15) is 0 Å². The lowest BCUT2D eigenvalue weighted by Crippen LogP contribution is -2.09. The summed E-state index contributed by atoms with van der Waals surface area (Å²) in [6, 6.07) is 73.3. The topological polar surface area (TPSA) is 60.0 Å². The molecule has 0 unspecified atom stereocenters. The van der Waals surface area contributed by atoms with Crippen LogP contribution >= 0.6 is 0 Å². The molecule has 278 valence electrons. The number of nitrogens with zero attached hydrogens (tertiary/aromatic N) is 5. The summed E-state index contributed by atoms with van der Waals surface area (Å²) in [6.07, 6.45) is 0. The number of benzene rings is 8. The van der Waals surface area contributed by atoms with Crippen LogP contribution in [0.5, 0.6) is 0 Å². The smallest absolute Gasteiger partial charge is 0.235 e. The van der Waals surface area contributed by atoms with E-state index in [0.29, 0.717) is 17.4 Å². The summed E-state index contributed by atoms with van der Waals surface area (Å²) in [7, 11) is 0. The van der Waals surface area contributed by atoms with E-state index in [4.69, 9.17) is 19.4 Å². The van der Waals surface area contributed by atoms with Gasteiger partial charge in [-0.25, -0.2) is 15.0 Å². The van der Waals surface area contributed by atoms with Crippen LogP contribution in [0, 0.1) is 0 Å². The molecule has 0 amide bonds. The van der Waals surface area contributed by atoms with E-state index in [1.807, 2.05) is 78.9 Å². The summed E-state index contributed by atoms with van der Waals surface area (Å²) >= 11 is 0. The number of hydrogen-bond acceptors (Lipinski definition) is 5. The van der Waals surface area contributed by atoms with Gasteiger partial charge >= 0.3 is 0 Å². The van der Waals surface area contributed by atoms with Gasteiger partial charge in [0.15, 0.2) is 5.58 Å². The van der Waals surface area contributed by atoms with Crippen molar-refractivity contribution in [3.63, 3.8) is 0 Å². The second-order valence-electron chi connectivity index (χ2n) is 14.5. The first-order valence-electron chi connectivity index (χ1n) is 19.7. The number of rotatable bonds is 8. The van der Waals surface area contributed by atoms with E-state index in [-0.39, 0.29) is 0 Å². The zero-order valence-electron chi connectivity index (χ0n) is 31.9. The van der Waals surface area contributed by atoms with E-state index in [9.17, 15) is 0 Å². The van der Waals surface area contributed by atoms with E-state index in [0.717, 1.165) is 83.6 Å². The molecule has 0 saturated heterocycles. The summed E-state index contributed by atoms with van der Waals surface area (Å²) in [6.45, 7) is 0. The zero-order chi connectivity index (χ0) is 39.1. The molecule has 0 saturated carbocycles. The van der Waals surface area contributed by atoms with Crippen LogP contribution in [-0.2, 0) is 0 Å². The van der Waals surface area contributed by atoms with Gasteiger partial charge in [-0.3, -0.25) is 4.57 Å². The minimum Gasteiger partial charge on any atom is -0.434 e. The Kier molecular flexibility index (Phi) is 8.37. The Labute approximate surface area is 341 Å². The van der Waals surface area contributed by atoms with Crippen molar-refractivity contribution >= 4 is 50.0 Å². The van der Waals surface area contributed by atoms with Crippen LogP contribution in [-0.4, -0.2) is 19.5 Å². The predicted molar refractivity (Wildman–Crippen MR) is 240 cm³/mol. The van der Waals surface area contributed by atoms with E-state index < -0.39 is 0 Å². The zero-order valence-corrected chi connectivity index (χ0v) is 31.9. The third-order valence-corrected chi connectivity index (χ3v) is 10.8. The first kappa shape index (κ1) is 34.2. The second-order valence-corrected chi connectivity index (χ2v) is 14.5. The third-order valence-electron chi connectivity index (χ3n) is 10.8. The molecule has 0 aliphatic carbocycles. The van der Waals surface area contributed by atoms with Crippen molar-refractivity contribution < 1.29 is 4.42 Å². The van der Waals surface area contributed by atoms with Crippen molar-refractivity contribution in [2.45, 2.75) is 0 Å². The van der Waals surface area contributed by atoms with Crippen molar-refractivity contribution in [1.82, 2.24) is 19.5 Å². The molecule has 0 aliphatic rings. The van der Waals surface area contributed by atoms with E-state index in [1.54, 1.807) is 0 Å². The number of aromatic nitrogens is 4. The van der Waals surface area contributed by atoms with Crippen LogP contribution < -0.4 is 4.90 Å². The average Bonchev–Trinajstić information content (AvgIpc) is 3.90. The van der Waals surface area contributed by atoms with Gasteiger partial charge in [0.25, 0.3) is 0 Å². The number of hydrogen-bond donors (Lipinski definition) is 0. The van der Waals surface area contributed by atoms with Crippen molar-refractivity contribution in [1.29, 1.82) is 0 Å². The first-order chi connectivity index (χ1) is 29.2. The SMILES string of the molecule is c1ccc(-c2cc(-c3ccccc3)nc(-n3c4ccc(-c5ccc(N(c6ccccc6)c6ccccc6)cc5)cc4c4ccc5nc(-c6ccccc6)oc5c43)n2)cc1. The van der Waals surface area contributed by atoms with Gasteiger partial charge in [0.05, 0.1) is 16.9 Å². The Hall–Kier alpha value is -8.09. The first-order valence-corrected chi connectivity index (χ1v) is 19.7. The molecule has 6 heteroatoms. The minimum absolute atomic E-state index is 0.550. The molecule has 3 aromatic heterocycles. The van der Waals surface area contributed by atoms with Gasteiger partial charge in [-0.1, -0.05) is 133 Å². The summed E-state index contributed by atoms with van der Waals surface area (Å²) in [4.78, 5) is 17.8. The quantitative estimate of drug-likeness (QED) is 0.154. The fraction of sp³-hybridized carbons (Fsp3) is 0. The Bertz CT molecular complexity index is 3140. The van der Waals surface area contributed by atoms with Gasteiger partial charge in [0.2, 0.25) is 11.8 Å². The molecule has 59 heavy (non-hydrogen) atoms. The predicted octanol–water partition coefficient (Wildman–Crippen LogP) is 13.9. The normalized spacial score (nSPS) is 11.4. The molecule has 0 spiro atoms. The molecule has 6 nitrogen and oxygen atoms in total. The molecule has 8 aromatic carbocycles. The largest absolute Gasteiger partial charge is 0.434 e. The third kappa shape index (κ3) is 6.20. The Balaban J connectivity index is 1.11. The number of fused-ring (bicyclic) bond motifs is 5. The van der Waals surface area contributed by atoms with Crippen LogP contribution in [0.25, 0.3) is 83.9 Å². The standard InChI is InChI=1S/C53H35N5O/c1-6-16-37(17-7-1)47-35-48(38-18-8-2-9-19-38)56-53(55-47)58-49-33-28-40(34-45(49)44-31-32-46-51(50(44)58)59-52(54-46)39-20-10-3-11-21-39)36-26-29-43(30-27-36)57(41-22-12-4-13-23-41)42-24-14-5-15-25-42/h1-35H. The molecule has 0 bridgehead atoms. The molecule has 11 aromatic rings. The maximum absolute atomic E-state index is 6.72. The Morgan fingerprint density at radius 1 is 0.390 bits per heavy atom. The number of anilines is 3. The molecule has 0 N–H and O–H groups in total. The maximum Gasteiger partial charge on any atom is 0.235 e. The highest BCUT2D eigenvalue weighted by Crippen LogP contribution is 2.41. The van der Waals surface area contributed by atoms with Gasteiger partial charge in [0, 0.05) is 44.5 Å². The lowest BCUT2D eigenvalue weighted by Gasteiger charge is -2.25. The highest BCUT2D eigenvalue weighted by molar-refractivity contribution is 6.17. The lowest BCUT2D eigenvalue weighted by atomic mass is 10.0. The van der Waals surface area contributed by atoms with E-state index >= 15 is 0 Å². The van der Waals surface area contributed by atoms with Crippen LogP contribution in [0.1, 0.15) is 0 Å². The summed E-state index contributed by atoms with van der Waals surface area (Å²) in [5.74, 6) is 1.11. The van der Waals surface area contributed by atoms with Crippen molar-refractivity contribution in [3.8, 4) is 51.0 Å². The van der Waals surface area contributed by atoms with Gasteiger partial charge in [-0.15, -0.1) is 0 Å². The molecule has 0 aliphatic heterocycles. The number of oxazole rings is 1. The molecule has 11 rings (SSSR count). The van der Waals surface area contributed by atoms with Crippen molar-refractivity contribution in [2.75, 3.05) is 4.90 Å². The molecule has 3 heterocycles. The Morgan fingerprint density at radius 2 is 0.898 bits per heavy atom. The van der Waals surface area contributed by atoms with Crippen LogP contribution in [0.15, 0.2) is 217 Å². The lowest BCUT2D eigenvalue weighted by molar-refractivity contribution is 0.621. The van der Waals surface area contributed by atoms with E-state index in [1.165, 1.54) is 0 Å². The molecule has 0 fully saturated rings. The van der Waals surface area contributed by atoms with E-state index in [2.05, 4.69) is 143 Å². The monoisotopic (exact) mass is 757 g/mol. The fourth-order valence-electron chi connectivity index (χ4n) is 8.03. The van der Waals surface area contributed by atoms with Crippen molar-refractivity contribution in [2.24, 2.45) is 0 Å². The minimum atomic E-state index is 0.550. The van der Waals surface area contributed by atoms with Crippen molar-refractivity contribution in [3.05, 3.63) is 212 Å². The average molecular weight is 758 g/mol. The molecular formula is C53H35N5O. The second kappa shape index (κ2) is 14.4. The maximum atomic E-state index is 6.72. The van der Waals surface area contributed by atoms with Crippen LogP contribution in [0.2, 0.25) is 0 Å². The van der Waals surface area contributed by atoms with Crippen LogP contribution in [0.4, 0.5) is 17.1 Å². The van der Waals surface area contributed by atoms with Crippen LogP contribution in [0.3, 0.4) is 0 Å². The highest BCUT2D eigenvalue weighted by Gasteiger charge is 2.23. The summed E-state index contributed by atoms with van der Waals surface area (Å²) in [5, 5.41) is 2.09. The van der Waals surface area contributed by atoms with Gasteiger partial charge in [0.1, 0.15) is 11.0 Å². The van der Waals surface area contributed by atoms with Gasteiger partial charge in [-0.05, 0) is 90.0 Å². The molecule has 0 atom stereocenters.